The summed E-state index contributed by atoms with van der Waals surface area (Å²) in [7, 11) is 0. The first-order valence-corrected chi connectivity index (χ1v) is 8.14. The van der Waals surface area contributed by atoms with Crippen LogP contribution in [0.5, 0.6) is 0 Å². The van der Waals surface area contributed by atoms with Crippen molar-refractivity contribution < 1.29 is 0 Å². The van der Waals surface area contributed by atoms with E-state index in [9.17, 15) is 0 Å². The fraction of sp³-hybridized carbons (Fsp3) is 0.400. The molecular weight excluding hydrogens is 304 g/mol. The lowest BCUT2D eigenvalue weighted by molar-refractivity contribution is 0.623. The Morgan fingerprint density at radius 3 is 2.62 bits per heavy atom. The van der Waals surface area contributed by atoms with Gasteiger partial charge in [0.1, 0.15) is 11.3 Å². The smallest absolute Gasteiger partial charge is 0.128 e. The van der Waals surface area contributed by atoms with Crippen LogP contribution in [-0.4, -0.2) is 19.5 Å². The van der Waals surface area contributed by atoms with E-state index in [-0.39, 0.29) is 11.4 Å². The van der Waals surface area contributed by atoms with Crippen molar-refractivity contribution in [1.29, 1.82) is 0 Å². The first-order valence-electron chi connectivity index (χ1n) is 6.89. The van der Waals surface area contributed by atoms with Crippen molar-refractivity contribution in [1.82, 2.24) is 19.5 Å². The molecule has 2 unspecified atom stereocenters. The molecule has 3 heterocycles. The Morgan fingerprint density at radius 1 is 1.24 bits per heavy atom. The molecule has 0 saturated heterocycles. The molecule has 0 N–H and O–H groups in total. The van der Waals surface area contributed by atoms with E-state index in [1.54, 1.807) is 23.7 Å². The molecule has 110 valence electrons. The summed E-state index contributed by atoms with van der Waals surface area (Å²) in [6.45, 7) is 8.21. The number of imidazole rings is 1. The second-order valence-electron chi connectivity index (χ2n) is 5.18. The fourth-order valence-corrected chi connectivity index (χ4v) is 3.83. The zero-order chi connectivity index (χ0) is 15.1. The lowest BCUT2D eigenvalue weighted by Crippen LogP contribution is -2.11. The summed E-state index contributed by atoms with van der Waals surface area (Å²) in [6.07, 6.45) is 3.58. The SMILES string of the molecule is Cc1nc(C)c(C(C)n2c(C(C)Cl)nc3cnccc32)s1. The number of aromatic nitrogens is 4. The van der Waals surface area contributed by atoms with Crippen LogP contribution in [-0.2, 0) is 0 Å². The zero-order valence-corrected chi connectivity index (χ0v) is 14.0. The number of halogens is 1. The van der Waals surface area contributed by atoms with Crippen molar-refractivity contribution in [2.24, 2.45) is 0 Å². The normalized spacial score (nSPS) is 14.5. The fourth-order valence-electron chi connectivity index (χ4n) is 2.71. The molecule has 2 atom stereocenters. The zero-order valence-electron chi connectivity index (χ0n) is 12.5. The highest BCUT2D eigenvalue weighted by atomic mass is 35.5. The lowest BCUT2D eigenvalue weighted by atomic mass is 10.2. The molecule has 6 heteroatoms. The van der Waals surface area contributed by atoms with Crippen LogP contribution in [0.3, 0.4) is 0 Å². The van der Waals surface area contributed by atoms with Crippen LogP contribution in [0.2, 0.25) is 0 Å². The van der Waals surface area contributed by atoms with Gasteiger partial charge in [0.05, 0.1) is 38.7 Å². The third kappa shape index (κ3) is 2.45. The minimum Gasteiger partial charge on any atom is -0.318 e. The average Bonchev–Trinajstić information content (AvgIpc) is 2.98. The maximum atomic E-state index is 6.34. The number of alkyl halides is 1. The molecule has 21 heavy (non-hydrogen) atoms. The number of nitrogens with zero attached hydrogens (tertiary/aromatic N) is 4. The number of rotatable bonds is 3. The molecule has 0 radical (unpaired) electrons. The van der Waals surface area contributed by atoms with Crippen molar-refractivity contribution in [2.75, 3.05) is 0 Å². The van der Waals surface area contributed by atoms with Crippen LogP contribution >= 0.6 is 22.9 Å². The van der Waals surface area contributed by atoms with Crippen LogP contribution in [0, 0.1) is 13.8 Å². The molecule has 4 nitrogen and oxygen atoms in total. The van der Waals surface area contributed by atoms with E-state index in [1.807, 2.05) is 19.9 Å². The second-order valence-corrected chi connectivity index (χ2v) is 7.07. The molecule has 0 bridgehead atoms. The summed E-state index contributed by atoms with van der Waals surface area (Å²) in [5.74, 6) is 0.873. The van der Waals surface area contributed by atoms with Crippen LogP contribution < -0.4 is 0 Å². The van der Waals surface area contributed by atoms with Gasteiger partial charge in [-0.2, -0.15) is 0 Å². The standard InChI is InChI=1S/C15H17ClN4S/c1-8(16)15-19-12-7-17-6-5-13(12)20(15)10(3)14-9(2)18-11(4)21-14/h5-8,10H,1-4H3. The third-order valence-electron chi connectivity index (χ3n) is 3.58. The molecule has 3 rings (SSSR count). The Hall–Kier alpha value is -1.46. The van der Waals surface area contributed by atoms with Gasteiger partial charge in [-0.15, -0.1) is 22.9 Å². The van der Waals surface area contributed by atoms with Gasteiger partial charge < -0.3 is 4.57 Å². The Bertz CT molecular complexity index is 790. The van der Waals surface area contributed by atoms with Gasteiger partial charge in [0.25, 0.3) is 0 Å². The second kappa shape index (κ2) is 5.39. The van der Waals surface area contributed by atoms with Gasteiger partial charge in [0, 0.05) is 6.20 Å². The Morgan fingerprint density at radius 2 is 2.00 bits per heavy atom. The minimum atomic E-state index is -0.158. The van der Waals surface area contributed by atoms with Crippen molar-refractivity contribution in [2.45, 2.75) is 39.1 Å². The highest BCUT2D eigenvalue weighted by Gasteiger charge is 2.22. The molecule has 3 aromatic rings. The summed E-state index contributed by atoms with van der Waals surface area (Å²) in [6, 6.07) is 2.14. The number of pyridine rings is 1. The van der Waals surface area contributed by atoms with Crippen LogP contribution in [0.4, 0.5) is 0 Å². The van der Waals surface area contributed by atoms with Gasteiger partial charge in [0.2, 0.25) is 0 Å². The van der Waals surface area contributed by atoms with Crippen molar-refractivity contribution in [3.05, 3.63) is 39.9 Å². The first-order chi connectivity index (χ1) is 9.99. The molecule has 0 aliphatic carbocycles. The first kappa shape index (κ1) is 14.5. The Kier molecular flexibility index (Phi) is 3.71. The molecule has 0 aliphatic heterocycles. The molecular formula is C15H17ClN4S. The van der Waals surface area contributed by atoms with Gasteiger partial charge in [-0.3, -0.25) is 4.98 Å². The number of aryl methyl sites for hydroxylation is 2. The van der Waals surface area contributed by atoms with E-state index < -0.39 is 0 Å². The van der Waals surface area contributed by atoms with E-state index in [0.29, 0.717) is 0 Å². The summed E-state index contributed by atoms with van der Waals surface area (Å²) in [5, 5.41) is 0.926. The predicted molar refractivity (Wildman–Crippen MR) is 87.2 cm³/mol. The summed E-state index contributed by atoms with van der Waals surface area (Å²) < 4.78 is 2.20. The highest BCUT2D eigenvalue weighted by Crippen LogP contribution is 2.34. The molecule has 0 aromatic carbocycles. The number of hydrogen-bond acceptors (Lipinski definition) is 4. The van der Waals surface area contributed by atoms with E-state index in [1.165, 1.54) is 4.88 Å². The van der Waals surface area contributed by atoms with Crippen molar-refractivity contribution >= 4 is 34.0 Å². The molecule has 0 aliphatic rings. The van der Waals surface area contributed by atoms with Crippen LogP contribution in [0.25, 0.3) is 11.0 Å². The summed E-state index contributed by atoms with van der Waals surface area (Å²) in [5.41, 5.74) is 3.02. The topological polar surface area (TPSA) is 43.6 Å². The molecule has 0 amide bonds. The van der Waals surface area contributed by atoms with Gasteiger partial charge in [-0.1, -0.05) is 0 Å². The largest absolute Gasteiger partial charge is 0.318 e. The number of fused-ring (bicyclic) bond motifs is 1. The van der Waals surface area contributed by atoms with Crippen molar-refractivity contribution in [3.8, 4) is 0 Å². The van der Waals surface area contributed by atoms with Crippen LogP contribution in [0.15, 0.2) is 18.5 Å². The van der Waals surface area contributed by atoms with Gasteiger partial charge in [0.15, 0.2) is 0 Å². The molecule has 3 aromatic heterocycles. The van der Waals surface area contributed by atoms with E-state index in [4.69, 9.17) is 11.6 Å². The van der Waals surface area contributed by atoms with E-state index in [0.717, 1.165) is 27.6 Å². The van der Waals surface area contributed by atoms with Crippen LogP contribution in [0.1, 0.15) is 46.7 Å². The Labute approximate surface area is 132 Å². The number of thiazole rings is 1. The van der Waals surface area contributed by atoms with Gasteiger partial charge >= 0.3 is 0 Å². The lowest BCUT2D eigenvalue weighted by Gasteiger charge is -2.18. The predicted octanol–water partition coefficient (Wildman–Crippen LogP) is 4.41. The maximum absolute atomic E-state index is 6.34. The quantitative estimate of drug-likeness (QED) is 0.671. The van der Waals surface area contributed by atoms with Gasteiger partial charge in [-0.05, 0) is 33.8 Å². The maximum Gasteiger partial charge on any atom is 0.128 e. The summed E-state index contributed by atoms with van der Waals surface area (Å²) >= 11 is 8.07. The van der Waals surface area contributed by atoms with E-state index in [2.05, 4.69) is 33.4 Å². The third-order valence-corrected chi connectivity index (χ3v) is 5.02. The minimum absolute atomic E-state index is 0.153. The molecule has 0 fully saturated rings. The average molecular weight is 321 g/mol. The number of hydrogen-bond donors (Lipinski definition) is 0. The van der Waals surface area contributed by atoms with Gasteiger partial charge in [-0.25, -0.2) is 9.97 Å². The monoisotopic (exact) mass is 320 g/mol. The molecule has 0 saturated carbocycles. The highest BCUT2D eigenvalue weighted by molar-refractivity contribution is 7.11. The molecule has 0 spiro atoms. The van der Waals surface area contributed by atoms with E-state index >= 15 is 0 Å². The Balaban J connectivity index is 2.22. The summed E-state index contributed by atoms with van der Waals surface area (Å²) in [4.78, 5) is 14.6. The van der Waals surface area contributed by atoms with Crippen molar-refractivity contribution in [3.63, 3.8) is 0 Å².